The lowest BCUT2D eigenvalue weighted by Gasteiger charge is -2.35. The SMILES string of the molecule is Cc1ncnc(N2CC[C@H](C(=O)O)[C@H](O)C2)c1C.O=CO. The molecule has 0 amide bonds. The first-order valence-corrected chi connectivity index (χ1v) is 6.44. The molecule has 1 aliphatic heterocycles. The third kappa shape index (κ3) is 4.12. The zero-order valence-electron chi connectivity index (χ0n) is 11.9. The van der Waals surface area contributed by atoms with Gasteiger partial charge in [0.15, 0.2) is 0 Å². The highest BCUT2D eigenvalue weighted by atomic mass is 16.4. The van der Waals surface area contributed by atoms with Crippen molar-refractivity contribution in [2.75, 3.05) is 18.0 Å². The first-order valence-electron chi connectivity index (χ1n) is 6.44. The number of nitrogens with zero attached hydrogens (tertiary/aromatic N) is 3. The minimum atomic E-state index is -0.933. The molecular formula is C13H19N3O5. The van der Waals surface area contributed by atoms with Crippen molar-refractivity contribution in [3.05, 3.63) is 17.6 Å². The van der Waals surface area contributed by atoms with Gasteiger partial charge in [0, 0.05) is 24.3 Å². The minimum absolute atomic E-state index is 0.250. The highest BCUT2D eigenvalue weighted by Gasteiger charge is 2.33. The molecule has 1 aliphatic rings. The van der Waals surface area contributed by atoms with E-state index in [1.807, 2.05) is 18.7 Å². The van der Waals surface area contributed by atoms with Gasteiger partial charge in [0.25, 0.3) is 6.47 Å². The van der Waals surface area contributed by atoms with Gasteiger partial charge in [0.2, 0.25) is 0 Å². The van der Waals surface area contributed by atoms with Crippen LogP contribution in [0.2, 0.25) is 0 Å². The van der Waals surface area contributed by atoms with Crippen LogP contribution in [0.3, 0.4) is 0 Å². The third-order valence-electron chi connectivity index (χ3n) is 3.51. The fourth-order valence-corrected chi connectivity index (χ4v) is 2.26. The molecule has 2 atom stereocenters. The lowest BCUT2D eigenvalue weighted by atomic mass is 9.94. The number of aryl methyl sites for hydroxylation is 1. The fourth-order valence-electron chi connectivity index (χ4n) is 2.26. The van der Waals surface area contributed by atoms with Crippen LogP contribution in [0.15, 0.2) is 6.33 Å². The number of rotatable bonds is 2. The van der Waals surface area contributed by atoms with Crippen molar-refractivity contribution in [2.24, 2.45) is 5.92 Å². The van der Waals surface area contributed by atoms with Crippen LogP contribution in [-0.2, 0) is 9.59 Å². The van der Waals surface area contributed by atoms with Crippen molar-refractivity contribution in [3.8, 4) is 0 Å². The summed E-state index contributed by atoms with van der Waals surface area (Å²) in [6, 6.07) is 0. The summed E-state index contributed by atoms with van der Waals surface area (Å²) in [6.45, 7) is 4.47. The number of β-amino-alcohol motifs (C(OH)–C–C–N with tert-alkyl or cyclic N) is 1. The van der Waals surface area contributed by atoms with Crippen LogP contribution in [0.25, 0.3) is 0 Å². The highest BCUT2D eigenvalue weighted by molar-refractivity contribution is 5.71. The normalized spacial score (nSPS) is 21.2. The number of hydrogen-bond donors (Lipinski definition) is 3. The largest absolute Gasteiger partial charge is 0.483 e. The maximum atomic E-state index is 10.9. The molecule has 1 aromatic heterocycles. The summed E-state index contributed by atoms with van der Waals surface area (Å²) in [4.78, 5) is 29.5. The molecule has 0 spiro atoms. The molecule has 116 valence electrons. The summed E-state index contributed by atoms with van der Waals surface area (Å²) in [7, 11) is 0. The predicted octanol–water partition coefficient (Wildman–Crippen LogP) is 0.0660. The summed E-state index contributed by atoms with van der Waals surface area (Å²) in [6.07, 6.45) is 1.07. The van der Waals surface area contributed by atoms with Gasteiger partial charge in [-0.25, -0.2) is 9.97 Å². The molecular weight excluding hydrogens is 278 g/mol. The Hall–Kier alpha value is -2.22. The number of aliphatic hydroxyl groups is 1. The fraction of sp³-hybridized carbons (Fsp3) is 0.538. The molecule has 21 heavy (non-hydrogen) atoms. The summed E-state index contributed by atoms with van der Waals surface area (Å²) in [5, 5.41) is 25.7. The Kier molecular flexibility index (Phi) is 6.04. The van der Waals surface area contributed by atoms with Gasteiger partial charge in [-0.15, -0.1) is 0 Å². The van der Waals surface area contributed by atoms with Crippen LogP contribution in [0.5, 0.6) is 0 Å². The zero-order valence-corrected chi connectivity index (χ0v) is 11.9. The molecule has 0 aliphatic carbocycles. The molecule has 1 fully saturated rings. The summed E-state index contributed by atoms with van der Waals surface area (Å²) < 4.78 is 0. The summed E-state index contributed by atoms with van der Waals surface area (Å²) >= 11 is 0. The monoisotopic (exact) mass is 297 g/mol. The number of aliphatic hydroxyl groups excluding tert-OH is 1. The van der Waals surface area contributed by atoms with Crippen LogP contribution in [0.4, 0.5) is 5.82 Å². The van der Waals surface area contributed by atoms with Gasteiger partial charge < -0.3 is 20.2 Å². The number of carboxylic acid groups (broad SMARTS) is 2. The number of hydrogen-bond acceptors (Lipinski definition) is 6. The first-order chi connectivity index (χ1) is 9.92. The Morgan fingerprint density at radius 3 is 2.57 bits per heavy atom. The van der Waals surface area contributed by atoms with E-state index in [0.29, 0.717) is 19.5 Å². The van der Waals surface area contributed by atoms with E-state index in [1.165, 1.54) is 6.33 Å². The van der Waals surface area contributed by atoms with Gasteiger partial charge in [-0.2, -0.15) is 0 Å². The van der Waals surface area contributed by atoms with Gasteiger partial charge in [-0.1, -0.05) is 0 Å². The van der Waals surface area contributed by atoms with Crippen molar-refractivity contribution in [1.82, 2.24) is 9.97 Å². The molecule has 0 saturated carbocycles. The van der Waals surface area contributed by atoms with E-state index in [4.69, 9.17) is 15.0 Å². The predicted molar refractivity (Wildman–Crippen MR) is 74.2 cm³/mol. The molecule has 0 bridgehead atoms. The molecule has 2 heterocycles. The van der Waals surface area contributed by atoms with E-state index in [9.17, 15) is 9.90 Å². The van der Waals surface area contributed by atoms with E-state index < -0.39 is 18.0 Å². The maximum Gasteiger partial charge on any atom is 0.309 e. The number of aromatic nitrogens is 2. The van der Waals surface area contributed by atoms with E-state index in [1.54, 1.807) is 0 Å². The summed E-state index contributed by atoms with van der Waals surface area (Å²) in [5.74, 6) is -0.826. The van der Waals surface area contributed by atoms with E-state index in [2.05, 4.69) is 9.97 Å². The molecule has 0 aromatic carbocycles. The second-order valence-corrected chi connectivity index (χ2v) is 4.76. The topological polar surface area (TPSA) is 124 Å². The number of carboxylic acids is 1. The van der Waals surface area contributed by atoms with Crippen molar-refractivity contribution in [3.63, 3.8) is 0 Å². The Balaban J connectivity index is 0.000000677. The second kappa shape index (κ2) is 7.53. The average molecular weight is 297 g/mol. The Bertz CT molecular complexity index is 509. The average Bonchev–Trinajstić information content (AvgIpc) is 2.42. The molecule has 0 radical (unpaired) electrons. The standard InChI is InChI=1S/C12H17N3O3.CH2O2/c1-7-8(2)13-6-14-11(7)15-4-3-9(12(17)18)10(16)5-15;2-1-3/h6,9-10,16H,3-5H2,1-2H3,(H,17,18);1H,(H,2,3)/t9-,10+;/m0./s1. The molecule has 1 aromatic rings. The number of aliphatic carboxylic acids is 1. The Morgan fingerprint density at radius 1 is 1.43 bits per heavy atom. The van der Waals surface area contributed by atoms with E-state index in [-0.39, 0.29) is 6.47 Å². The van der Waals surface area contributed by atoms with Gasteiger partial charge in [-0.3, -0.25) is 9.59 Å². The van der Waals surface area contributed by atoms with Gasteiger partial charge in [0.05, 0.1) is 12.0 Å². The maximum absolute atomic E-state index is 10.9. The Labute approximate surface area is 122 Å². The van der Waals surface area contributed by atoms with Crippen molar-refractivity contribution in [1.29, 1.82) is 0 Å². The molecule has 0 unspecified atom stereocenters. The molecule has 8 nitrogen and oxygen atoms in total. The highest BCUT2D eigenvalue weighted by Crippen LogP contribution is 2.25. The third-order valence-corrected chi connectivity index (χ3v) is 3.51. The van der Waals surface area contributed by atoms with Crippen LogP contribution in [0.1, 0.15) is 17.7 Å². The van der Waals surface area contributed by atoms with Gasteiger partial charge in [0.1, 0.15) is 12.1 Å². The van der Waals surface area contributed by atoms with Crippen molar-refractivity contribution >= 4 is 18.3 Å². The zero-order chi connectivity index (χ0) is 16.0. The number of anilines is 1. The van der Waals surface area contributed by atoms with Crippen LogP contribution < -0.4 is 4.90 Å². The van der Waals surface area contributed by atoms with Crippen LogP contribution in [0, 0.1) is 19.8 Å². The second-order valence-electron chi connectivity index (χ2n) is 4.76. The smallest absolute Gasteiger partial charge is 0.309 e. The van der Waals surface area contributed by atoms with Crippen molar-refractivity contribution < 1.29 is 24.9 Å². The lowest BCUT2D eigenvalue weighted by Crippen LogP contribution is -2.47. The Morgan fingerprint density at radius 2 is 2.05 bits per heavy atom. The van der Waals surface area contributed by atoms with Crippen LogP contribution in [-0.4, -0.2) is 56.9 Å². The number of piperidine rings is 1. The molecule has 8 heteroatoms. The van der Waals surface area contributed by atoms with Gasteiger partial charge >= 0.3 is 5.97 Å². The lowest BCUT2D eigenvalue weighted by molar-refractivity contribution is -0.146. The van der Waals surface area contributed by atoms with Gasteiger partial charge in [-0.05, 0) is 20.3 Å². The van der Waals surface area contributed by atoms with E-state index >= 15 is 0 Å². The summed E-state index contributed by atoms with van der Waals surface area (Å²) in [5.41, 5.74) is 1.87. The molecule has 3 N–H and O–H groups in total. The quantitative estimate of drug-likeness (QED) is 0.655. The van der Waals surface area contributed by atoms with Crippen molar-refractivity contribution in [2.45, 2.75) is 26.4 Å². The number of carbonyl (C=O) groups is 2. The van der Waals surface area contributed by atoms with E-state index in [0.717, 1.165) is 17.1 Å². The first kappa shape index (κ1) is 16.8. The molecule has 2 rings (SSSR count). The molecule has 1 saturated heterocycles. The van der Waals surface area contributed by atoms with Crippen LogP contribution >= 0.6 is 0 Å². The minimum Gasteiger partial charge on any atom is -0.483 e.